The van der Waals surface area contributed by atoms with E-state index < -0.39 is 18.1 Å². The van der Waals surface area contributed by atoms with E-state index in [0.717, 1.165) is 0 Å². The molecule has 1 aliphatic rings. The van der Waals surface area contributed by atoms with E-state index in [1.165, 1.54) is 11.8 Å². The van der Waals surface area contributed by atoms with Gasteiger partial charge in [-0.3, -0.25) is 0 Å². The Bertz CT molecular complexity index is 799. The van der Waals surface area contributed by atoms with Crippen LogP contribution in [0.2, 0.25) is 0 Å². The van der Waals surface area contributed by atoms with Gasteiger partial charge in [-0.2, -0.15) is 18.3 Å². The number of alkyl halides is 3. The summed E-state index contributed by atoms with van der Waals surface area (Å²) in [6.07, 6.45) is -4.66. The molecular formula is C17H17F3N2O3. The lowest BCUT2D eigenvalue weighted by Gasteiger charge is -2.23. The highest BCUT2D eigenvalue weighted by atomic mass is 19.4. The van der Waals surface area contributed by atoms with Crippen LogP contribution < -0.4 is 0 Å². The fourth-order valence-corrected chi connectivity index (χ4v) is 3.24. The topological polar surface area (TPSA) is 64.4 Å². The summed E-state index contributed by atoms with van der Waals surface area (Å²) in [6, 6.07) is 6.95. The Hall–Kier alpha value is -2.35. The molecule has 0 bridgehead atoms. The molecule has 1 aromatic carbocycles. The Balaban J connectivity index is 2.12. The summed E-state index contributed by atoms with van der Waals surface area (Å²) < 4.78 is 45.6. The van der Waals surface area contributed by atoms with Crippen molar-refractivity contribution in [1.82, 2.24) is 9.78 Å². The lowest BCUT2D eigenvalue weighted by Crippen LogP contribution is -2.29. The summed E-state index contributed by atoms with van der Waals surface area (Å²) in [4.78, 5) is 11.8. The summed E-state index contributed by atoms with van der Waals surface area (Å²) in [5, 5.41) is 13.9. The molecule has 1 N–H and O–H groups in total. The second-order valence-electron chi connectivity index (χ2n) is 6.03. The van der Waals surface area contributed by atoms with E-state index in [0.29, 0.717) is 16.9 Å². The molecule has 0 saturated heterocycles. The van der Waals surface area contributed by atoms with Crippen molar-refractivity contribution in [1.29, 1.82) is 0 Å². The van der Waals surface area contributed by atoms with Crippen LogP contribution in [0.3, 0.4) is 0 Å². The number of carbonyl (C=O) groups is 1. The van der Waals surface area contributed by atoms with Crippen molar-refractivity contribution < 1.29 is 27.8 Å². The fourth-order valence-electron chi connectivity index (χ4n) is 3.24. The number of para-hydroxylation sites is 1. The Morgan fingerprint density at radius 1 is 1.40 bits per heavy atom. The van der Waals surface area contributed by atoms with E-state index in [2.05, 4.69) is 5.10 Å². The second kappa shape index (κ2) is 6.51. The molecule has 0 fully saturated rings. The number of halogens is 3. The van der Waals surface area contributed by atoms with Gasteiger partial charge >= 0.3 is 12.1 Å². The number of nitrogens with zero attached hydrogens (tertiary/aromatic N) is 2. The van der Waals surface area contributed by atoms with Crippen molar-refractivity contribution in [2.45, 2.75) is 32.0 Å². The summed E-state index contributed by atoms with van der Waals surface area (Å²) >= 11 is 0. The lowest BCUT2D eigenvalue weighted by atomic mass is 9.86. The molecule has 1 aliphatic carbocycles. The van der Waals surface area contributed by atoms with Crippen LogP contribution in [-0.2, 0) is 24.2 Å². The SMILES string of the molecule is COCc1ccccc1-n1nc2c(c1C(=O)O)CC(C(F)(F)F)CC2. The molecule has 2 aromatic rings. The zero-order valence-corrected chi connectivity index (χ0v) is 13.5. The average molecular weight is 354 g/mol. The van der Waals surface area contributed by atoms with E-state index >= 15 is 0 Å². The molecule has 0 aliphatic heterocycles. The smallest absolute Gasteiger partial charge is 0.392 e. The summed E-state index contributed by atoms with van der Waals surface area (Å²) in [5.41, 5.74) is 1.60. The molecule has 1 atom stereocenters. The normalized spacial score (nSPS) is 17.4. The molecule has 8 heteroatoms. The van der Waals surface area contributed by atoms with E-state index in [9.17, 15) is 23.1 Å². The molecule has 0 amide bonds. The molecule has 25 heavy (non-hydrogen) atoms. The van der Waals surface area contributed by atoms with Gasteiger partial charge in [-0.15, -0.1) is 0 Å². The molecular weight excluding hydrogens is 337 g/mol. The summed E-state index contributed by atoms with van der Waals surface area (Å²) in [7, 11) is 1.51. The highest BCUT2D eigenvalue weighted by Crippen LogP contribution is 2.38. The molecule has 1 aromatic heterocycles. The third-order valence-electron chi connectivity index (χ3n) is 4.43. The first-order chi connectivity index (χ1) is 11.8. The zero-order chi connectivity index (χ0) is 18.2. The third kappa shape index (κ3) is 3.26. The maximum atomic E-state index is 13.1. The summed E-state index contributed by atoms with van der Waals surface area (Å²) in [5.74, 6) is -2.83. The van der Waals surface area contributed by atoms with E-state index in [4.69, 9.17) is 4.74 Å². The number of hydrogen-bond donors (Lipinski definition) is 1. The number of carboxylic acids is 1. The minimum atomic E-state index is -4.34. The first-order valence-corrected chi connectivity index (χ1v) is 7.81. The standard InChI is InChI=1S/C17H17F3N2O3/c1-25-9-10-4-2-3-5-14(10)22-15(16(23)24)12-8-11(17(18,19)20)6-7-13(12)21-22/h2-5,11H,6-9H2,1H3,(H,23,24). The lowest BCUT2D eigenvalue weighted by molar-refractivity contribution is -0.177. The van der Waals surface area contributed by atoms with Crippen LogP contribution in [0.1, 0.15) is 33.7 Å². The molecule has 5 nitrogen and oxygen atoms in total. The number of methoxy groups -OCH3 is 1. The Morgan fingerprint density at radius 3 is 2.76 bits per heavy atom. The number of ether oxygens (including phenoxy) is 1. The maximum Gasteiger partial charge on any atom is 0.392 e. The number of aryl methyl sites for hydroxylation is 1. The molecule has 1 heterocycles. The van der Waals surface area contributed by atoms with Crippen molar-refractivity contribution >= 4 is 5.97 Å². The van der Waals surface area contributed by atoms with Crippen LogP contribution >= 0.6 is 0 Å². The van der Waals surface area contributed by atoms with Crippen LogP contribution in [0, 0.1) is 5.92 Å². The van der Waals surface area contributed by atoms with Crippen molar-refractivity contribution in [3.8, 4) is 5.69 Å². The van der Waals surface area contributed by atoms with Crippen LogP contribution in [-0.4, -0.2) is 34.1 Å². The third-order valence-corrected chi connectivity index (χ3v) is 4.43. The molecule has 0 radical (unpaired) electrons. The van der Waals surface area contributed by atoms with Crippen molar-refractivity contribution in [3.63, 3.8) is 0 Å². The monoisotopic (exact) mass is 354 g/mol. The average Bonchev–Trinajstić information content (AvgIpc) is 2.93. The van der Waals surface area contributed by atoms with E-state index in [-0.39, 0.29) is 37.1 Å². The summed E-state index contributed by atoms with van der Waals surface area (Å²) in [6.45, 7) is 0.241. The number of benzene rings is 1. The van der Waals surface area contributed by atoms with Crippen molar-refractivity contribution in [3.05, 3.63) is 46.8 Å². The fraction of sp³-hybridized carbons (Fsp3) is 0.412. The number of carboxylic acid groups (broad SMARTS) is 1. The van der Waals surface area contributed by atoms with Gasteiger partial charge in [0.1, 0.15) is 0 Å². The predicted octanol–water partition coefficient (Wildman–Crippen LogP) is 3.38. The number of rotatable bonds is 4. The Morgan fingerprint density at radius 2 is 2.12 bits per heavy atom. The zero-order valence-electron chi connectivity index (χ0n) is 13.5. The molecule has 0 spiro atoms. The van der Waals surface area contributed by atoms with Gasteiger partial charge in [0.05, 0.1) is 23.9 Å². The molecule has 1 unspecified atom stereocenters. The van der Waals surface area contributed by atoms with Crippen LogP contribution in [0.25, 0.3) is 5.69 Å². The number of aromatic carboxylic acids is 1. The van der Waals surface area contributed by atoms with Gasteiger partial charge in [0.25, 0.3) is 0 Å². The molecule has 3 rings (SSSR count). The van der Waals surface area contributed by atoms with Gasteiger partial charge in [0.15, 0.2) is 5.69 Å². The molecule has 134 valence electrons. The largest absolute Gasteiger partial charge is 0.476 e. The Labute approximate surface area is 142 Å². The first kappa shape index (κ1) is 17.5. The van der Waals surface area contributed by atoms with Gasteiger partial charge < -0.3 is 9.84 Å². The number of fused-ring (bicyclic) bond motifs is 1. The van der Waals surface area contributed by atoms with E-state index in [1.54, 1.807) is 24.3 Å². The van der Waals surface area contributed by atoms with Gasteiger partial charge in [0, 0.05) is 18.2 Å². The Kier molecular flexibility index (Phi) is 4.55. The maximum absolute atomic E-state index is 13.1. The first-order valence-electron chi connectivity index (χ1n) is 7.81. The van der Waals surface area contributed by atoms with Gasteiger partial charge in [-0.25, -0.2) is 9.48 Å². The minimum absolute atomic E-state index is 0.0771. The van der Waals surface area contributed by atoms with Crippen LogP contribution in [0.15, 0.2) is 24.3 Å². The van der Waals surface area contributed by atoms with Gasteiger partial charge in [-0.1, -0.05) is 18.2 Å². The highest BCUT2D eigenvalue weighted by molar-refractivity contribution is 5.88. The second-order valence-corrected chi connectivity index (χ2v) is 6.03. The van der Waals surface area contributed by atoms with E-state index in [1.807, 2.05) is 0 Å². The van der Waals surface area contributed by atoms with Crippen LogP contribution in [0.4, 0.5) is 13.2 Å². The minimum Gasteiger partial charge on any atom is -0.476 e. The van der Waals surface area contributed by atoms with Crippen LogP contribution in [0.5, 0.6) is 0 Å². The van der Waals surface area contributed by atoms with Gasteiger partial charge in [0.2, 0.25) is 0 Å². The molecule has 0 saturated carbocycles. The quantitative estimate of drug-likeness (QED) is 0.914. The van der Waals surface area contributed by atoms with Crippen molar-refractivity contribution in [2.75, 3.05) is 7.11 Å². The highest BCUT2D eigenvalue weighted by Gasteiger charge is 2.43. The van der Waals surface area contributed by atoms with Crippen molar-refractivity contribution in [2.24, 2.45) is 5.92 Å². The van der Waals surface area contributed by atoms with Gasteiger partial charge in [-0.05, 0) is 25.3 Å². The number of hydrogen-bond acceptors (Lipinski definition) is 3. The predicted molar refractivity (Wildman–Crippen MR) is 82.8 cm³/mol. The number of aromatic nitrogens is 2.